The molecule has 22 heavy (non-hydrogen) atoms. The third-order valence-electron chi connectivity index (χ3n) is 5.57. The Morgan fingerprint density at radius 3 is 2.36 bits per heavy atom. The van der Waals surface area contributed by atoms with Gasteiger partial charge in [-0.25, -0.2) is 4.79 Å². The van der Waals surface area contributed by atoms with Crippen LogP contribution in [0.2, 0.25) is 0 Å². The lowest BCUT2D eigenvalue weighted by Gasteiger charge is -2.62. The number of esters is 2. The molecule has 0 spiro atoms. The number of hydrogen-bond donors (Lipinski definition) is 1. The first-order valence-corrected chi connectivity index (χ1v) is 7.46. The molecular formula is C16H20O6. The highest BCUT2D eigenvalue weighted by Gasteiger charge is 2.70. The summed E-state index contributed by atoms with van der Waals surface area (Å²) in [6.07, 6.45) is 3.72. The maximum atomic E-state index is 12.4. The second-order valence-corrected chi connectivity index (χ2v) is 7.17. The predicted octanol–water partition coefficient (Wildman–Crippen LogP) is 1.68. The van der Waals surface area contributed by atoms with Crippen molar-refractivity contribution in [2.75, 3.05) is 7.11 Å². The standard InChI is InChI=1S/C16H20O6/c1-3-11(17)22-16-6-10-4-14(8-16,12(18)19)7-15(5-10,9-16)13(20)21-2/h3,10H,1,4-9H2,2H3,(H,18,19). The van der Waals surface area contributed by atoms with Crippen molar-refractivity contribution in [1.29, 1.82) is 0 Å². The van der Waals surface area contributed by atoms with E-state index >= 15 is 0 Å². The van der Waals surface area contributed by atoms with Gasteiger partial charge in [0.05, 0.1) is 17.9 Å². The van der Waals surface area contributed by atoms with Crippen LogP contribution in [0.1, 0.15) is 38.5 Å². The zero-order chi connectivity index (χ0) is 16.2. The van der Waals surface area contributed by atoms with Crippen molar-refractivity contribution in [3.63, 3.8) is 0 Å². The third-order valence-corrected chi connectivity index (χ3v) is 5.57. The summed E-state index contributed by atoms with van der Waals surface area (Å²) in [5.74, 6) is -1.81. The van der Waals surface area contributed by atoms with E-state index in [9.17, 15) is 19.5 Å². The topological polar surface area (TPSA) is 89.9 Å². The molecular weight excluding hydrogens is 288 g/mol. The second-order valence-electron chi connectivity index (χ2n) is 7.17. The van der Waals surface area contributed by atoms with Crippen LogP contribution < -0.4 is 0 Å². The molecule has 0 aromatic carbocycles. The van der Waals surface area contributed by atoms with Crippen LogP contribution in [0.4, 0.5) is 0 Å². The molecule has 4 aliphatic carbocycles. The van der Waals surface area contributed by atoms with Gasteiger partial charge < -0.3 is 14.6 Å². The van der Waals surface area contributed by atoms with Gasteiger partial charge in [0.15, 0.2) is 0 Å². The normalized spacial score (nSPS) is 41.8. The van der Waals surface area contributed by atoms with Gasteiger partial charge in [0.25, 0.3) is 0 Å². The van der Waals surface area contributed by atoms with E-state index in [1.54, 1.807) is 0 Å². The smallest absolute Gasteiger partial charge is 0.330 e. The number of rotatable bonds is 4. The fraction of sp³-hybridized carbons (Fsp3) is 0.688. The first-order chi connectivity index (χ1) is 10.3. The van der Waals surface area contributed by atoms with Crippen molar-refractivity contribution in [2.24, 2.45) is 16.7 Å². The van der Waals surface area contributed by atoms with Crippen LogP contribution >= 0.6 is 0 Å². The number of carbonyl (C=O) groups is 3. The van der Waals surface area contributed by atoms with E-state index in [1.807, 2.05) is 0 Å². The Kier molecular flexibility index (Phi) is 3.13. The van der Waals surface area contributed by atoms with Gasteiger partial charge in [0.2, 0.25) is 0 Å². The van der Waals surface area contributed by atoms with Gasteiger partial charge in [-0.05, 0) is 31.6 Å². The van der Waals surface area contributed by atoms with E-state index in [4.69, 9.17) is 9.47 Å². The number of carbonyl (C=O) groups excluding carboxylic acids is 2. The Morgan fingerprint density at radius 1 is 1.14 bits per heavy atom. The van der Waals surface area contributed by atoms with Crippen LogP contribution in [0.3, 0.4) is 0 Å². The van der Waals surface area contributed by atoms with Crippen molar-refractivity contribution >= 4 is 17.9 Å². The highest BCUT2D eigenvalue weighted by Crippen LogP contribution is 2.68. The fourth-order valence-corrected chi connectivity index (χ4v) is 5.40. The molecule has 4 unspecified atom stereocenters. The Hall–Kier alpha value is -1.85. The van der Waals surface area contributed by atoms with Crippen molar-refractivity contribution in [2.45, 2.75) is 44.1 Å². The number of aliphatic carboxylic acids is 1. The summed E-state index contributed by atoms with van der Waals surface area (Å²) in [7, 11) is 1.32. The molecule has 4 fully saturated rings. The molecule has 4 bridgehead atoms. The van der Waals surface area contributed by atoms with E-state index in [0.717, 1.165) is 6.08 Å². The van der Waals surface area contributed by atoms with Gasteiger partial charge in [0, 0.05) is 18.9 Å². The lowest BCUT2D eigenvalue weighted by atomic mass is 9.42. The number of carboxylic acids is 1. The Morgan fingerprint density at radius 2 is 1.77 bits per heavy atom. The lowest BCUT2D eigenvalue weighted by Crippen LogP contribution is -2.65. The van der Waals surface area contributed by atoms with Gasteiger partial charge in [-0.15, -0.1) is 0 Å². The van der Waals surface area contributed by atoms with Crippen molar-refractivity contribution < 1.29 is 29.0 Å². The minimum Gasteiger partial charge on any atom is -0.481 e. The summed E-state index contributed by atoms with van der Waals surface area (Å²) in [5, 5.41) is 9.74. The van der Waals surface area contributed by atoms with Gasteiger partial charge in [-0.2, -0.15) is 0 Å². The van der Waals surface area contributed by atoms with Crippen molar-refractivity contribution in [1.82, 2.24) is 0 Å². The van der Waals surface area contributed by atoms with Crippen molar-refractivity contribution in [3.05, 3.63) is 12.7 Å². The Bertz CT molecular complexity index is 569. The molecule has 4 saturated carbocycles. The summed E-state index contributed by atoms with van der Waals surface area (Å²) < 4.78 is 10.5. The van der Waals surface area contributed by atoms with E-state index in [1.165, 1.54) is 7.11 Å². The SMILES string of the molecule is C=CC(=O)OC12CC3CC(C(=O)O)(C1)CC(C(=O)OC)(C3)C2. The summed E-state index contributed by atoms with van der Waals surface area (Å²) in [6, 6.07) is 0. The first kappa shape index (κ1) is 15.1. The maximum absolute atomic E-state index is 12.4. The van der Waals surface area contributed by atoms with Crippen molar-refractivity contribution in [3.8, 4) is 0 Å². The second kappa shape index (κ2) is 4.57. The molecule has 0 radical (unpaired) electrons. The molecule has 0 amide bonds. The average Bonchev–Trinajstić information content (AvgIpc) is 2.44. The van der Waals surface area contributed by atoms with E-state index in [0.29, 0.717) is 25.7 Å². The quantitative estimate of drug-likeness (QED) is 0.628. The first-order valence-electron chi connectivity index (χ1n) is 7.46. The van der Waals surface area contributed by atoms with Crippen LogP contribution in [0, 0.1) is 16.7 Å². The molecule has 4 aliphatic rings. The number of methoxy groups -OCH3 is 1. The van der Waals surface area contributed by atoms with Gasteiger partial charge >= 0.3 is 17.9 Å². The minimum absolute atomic E-state index is 0.0593. The summed E-state index contributed by atoms with van der Waals surface area (Å²) >= 11 is 0. The largest absolute Gasteiger partial charge is 0.481 e. The number of ether oxygens (including phenoxy) is 2. The average molecular weight is 308 g/mol. The van der Waals surface area contributed by atoms with E-state index in [-0.39, 0.29) is 24.7 Å². The highest BCUT2D eigenvalue weighted by molar-refractivity contribution is 5.84. The molecule has 6 nitrogen and oxygen atoms in total. The fourth-order valence-electron chi connectivity index (χ4n) is 5.40. The molecule has 0 saturated heterocycles. The molecule has 4 atom stereocenters. The summed E-state index contributed by atoms with van der Waals surface area (Å²) in [6.45, 7) is 3.40. The van der Waals surface area contributed by atoms with Crippen LogP contribution in [0.5, 0.6) is 0 Å². The molecule has 0 heterocycles. The third kappa shape index (κ3) is 1.96. The molecule has 6 heteroatoms. The minimum atomic E-state index is -1.00. The van der Waals surface area contributed by atoms with Crippen LogP contribution in [-0.2, 0) is 23.9 Å². The zero-order valence-corrected chi connectivity index (χ0v) is 12.6. The van der Waals surface area contributed by atoms with E-state index in [2.05, 4.69) is 6.58 Å². The molecule has 4 rings (SSSR count). The molecule has 0 aliphatic heterocycles. The van der Waals surface area contributed by atoms with Crippen LogP contribution in [-0.4, -0.2) is 35.7 Å². The predicted molar refractivity (Wildman–Crippen MR) is 74.7 cm³/mol. The Balaban J connectivity index is 2.04. The monoisotopic (exact) mass is 308 g/mol. The maximum Gasteiger partial charge on any atom is 0.330 e. The lowest BCUT2D eigenvalue weighted by molar-refractivity contribution is -0.230. The van der Waals surface area contributed by atoms with Crippen LogP contribution in [0.25, 0.3) is 0 Å². The van der Waals surface area contributed by atoms with Gasteiger partial charge in [0.1, 0.15) is 5.60 Å². The zero-order valence-electron chi connectivity index (χ0n) is 12.6. The van der Waals surface area contributed by atoms with Gasteiger partial charge in [-0.1, -0.05) is 6.58 Å². The molecule has 120 valence electrons. The Labute approximate surface area is 128 Å². The van der Waals surface area contributed by atoms with Crippen LogP contribution in [0.15, 0.2) is 12.7 Å². The summed E-state index contributed by atoms with van der Waals surface area (Å²) in [4.78, 5) is 36.0. The van der Waals surface area contributed by atoms with E-state index < -0.39 is 28.4 Å². The van der Waals surface area contributed by atoms with Gasteiger partial charge in [-0.3, -0.25) is 9.59 Å². The summed E-state index contributed by atoms with van der Waals surface area (Å²) in [5.41, 5.74) is -2.75. The molecule has 0 aromatic rings. The highest BCUT2D eigenvalue weighted by atomic mass is 16.6. The molecule has 1 N–H and O–H groups in total. The molecule has 0 aromatic heterocycles. The number of carboxylic acid groups (broad SMARTS) is 1. The number of hydrogen-bond acceptors (Lipinski definition) is 5.